The second-order valence-electron chi connectivity index (χ2n) is 6.94. The van der Waals surface area contributed by atoms with Crippen LogP contribution in [0.15, 0.2) is 47.5 Å². The standard InChI is InChI=1S/C23H30N4O3/c1-3-29-18-11-12-21(30-4-2)19(16-18)26-23(24)25-14-7-10-22(28)27-15-13-17-8-5-6-9-20(17)27/h5-6,8-9,11-12,16H,3-4,7,10,13-15H2,1-2H3,(H3,24,25,26). The number of carbonyl (C=O) groups excluding carboxylic acids is 1. The Labute approximate surface area is 177 Å². The van der Waals surface area contributed by atoms with Crippen LogP contribution in [-0.2, 0) is 11.2 Å². The molecule has 0 bridgehead atoms. The maximum Gasteiger partial charge on any atom is 0.227 e. The number of nitrogens with zero attached hydrogens (tertiary/aromatic N) is 2. The van der Waals surface area contributed by atoms with Gasteiger partial charge in [0.25, 0.3) is 0 Å². The van der Waals surface area contributed by atoms with Gasteiger partial charge in [-0.2, -0.15) is 0 Å². The highest BCUT2D eigenvalue weighted by atomic mass is 16.5. The van der Waals surface area contributed by atoms with Crippen LogP contribution < -0.4 is 25.4 Å². The minimum Gasteiger partial charge on any atom is -0.494 e. The van der Waals surface area contributed by atoms with Crippen LogP contribution in [0.3, 0.4) is 0 Å². The summed E-state index contributed by atoms with van der Waals surface area (Å²) >= 11 is 0. The molecule has 3 N–H and O–H groups in total. The van der Waals surface area contributed by atoms with Crippen molar-refractivity contribution in [3.8, 4) is 11.5 Å². The molecule has 1 heterocycles. The van der Waals surface area contributed by atoms with Gasteiger partial charge in [-0.05, 0) is 50.5 Å². The van der Waals surface area contributed by atoms with Crippen LogP contribution in [0.2, 0.25) is 0 Å². The predicted molar refractivity (Wildman–Crippen MR) is 121 cm³/mol. The fourth-order valence-corrected chi connectivity index (χ4v) is 3.48. The average Bonchev–Trinajstić information content (AvgIpc) is 3.17. The summed E-state index contributed by atoms with van der Waals surface area (Å²) in [6.07, 6.45) is 1.99. The van der Waals surface area contributed by atoms with Gasteiger partial charge in [0.15, 0.2) is 5.96 Å². The summed E-state index contributed by atoms with van der Waals surface area (Å²) in [6.45, 7) is 6.19. The highest BCUT2D eigenvalue weighted by molar-refractivity contribution is 5.95. The number of para-hydroxylation sites is 1. The smallest absolute Gasteiger partial charge is 0.227 e. The largest absolute Gasteiger partial charge is 0.494 e. The third-order valence-corrected chi connectivity index (χ3v) is 4.84. The number of fused-ring (bicyclic) bond motifs is 1. The van der Waals surface area contributed by atoms with Crippen LogP contribution in [0, 0.1) is 0 Å². The maximum absolute atomic E-state index is 12.6. The second kappa shape index (κ2) is 10.5. The minimum absolute atomic E-state index is 0.129. The van der Waals surface area contributed by atoms with Gasteiger partial charge in [0.05, 0.1) is 18.9 Å². The minimum atomic E-state index is 0.129. The molecule has 7 nitrogen and oxygen atoms in total. The van der Waals surface area contributed by atoms with Gasteiger partial charge in [0.2, 0.25) is 5.91 Å². The Balaban J connectivity index is 1.52. The molecule has 0 aliphatic carbocycles. The topological polar surface area (TPSA) is 89.2 Å². The summed E-state index contributed by atoms with van der Waals surface area (Å²) in [6, 6.07) is 13.6. The predicted octanol–water partition coefficient (Wildman–Crippen LogP) is 3.58. The van der Waals surface area contributed by atoms with Gasteiger partial charge in [-0.25, -0.2) is 0 Å². The van der Waals surface area contributed by atoms with E-state index in [4.69, 9.17) is 15.2 Å². The molecule has 0 saturated carbocycles. The van der Waals surface area contributed by atoms with E-state index in [2.05, 4.69) is 16.4 Å². The van der Waals surface area contributed by atoms with Crippen molar-refractivity contribution in [1.29, 1.82) is 0 Å². The summed E-state index contributed by atoms with van der Waals surface area (Å²) in [5, 5.41) is 3.08. The average molecular weight is 411 g/mol. The number of hydrogen-bond donors (Lipinski definition) is 2. The van der Waals surface area contributed by atoms with Crippen molar-refractivity contribution in [3.05, 3.63) is 48.0 Å². The fourth-order valence-electron chi connectivity index (χ4n) is 3.48. The number of aliphatic imine (C=N–C) groups is 1. The first-order valence-electron chi connectivity index (χ1n) is 10.5. The molecule has 0 radical (unpaired) electrons. The molecular weight excluding hydrogens is 380 g/mol. The molecule has 0 spiro atoms. The Morgan fingerprint density at radius 1 is 1.17 bits per heavy atom. The van der Waals surface area contributed by atoms with Crippen molar-refractivity contribution in [2.45, 2.75) is 33.1 Å². The quantitative estimate of drug-likeness (QED) is 0.375. The van der Waals surface area contributed by atoms with Gasteiger partial charge in [0, 0.05) is 31.3 Å². The van der Waals surface area contributed by atoms with Gasteiger partial charge in [-0.15, -0.1) is 0 Å². The molecule has 1 aliphatic heterocycles. The van der Waals surface area contributed by atoms with Crippen LogP contribution in [-0.4, -0.2) is 38.2 Å². The molecule has 0 unspecified atom stereocenters. The first-order chi connectivity index (χ1) is 14.6. The highest BCUT2D eigenvalue weighted by Crippen LogP contribution is 2.30. The zero-order valence-electron chi connectivity index (χ0n) is 17.7. The molecule has 1 amide bonds. The fraction of sp³-hybridized carbons (Fsp3) is 0.391. The summed E-state index contributed by atoms with van der Waals surface area (Å²) in [5.41, 5.74) is 9.01. The zero-order chi connectivity index (χ0) is 21.3. The van der Waals surface area contributed by atoms with Gasteiger partial charge in [0.1, 0.15) is 11.5 Å². The van der Waals surface area contributed by atoms with Crippen LogP contribution in [0.25, 0.3) is 0 Å². The van der Waals surface area contributed by atoms with E-state index in [9.17, 15) is 4.79 Å². The van der Waals surface area contributed by atoms with Crippen molar-refractivity contribution >= 4 is 23.2 Å². The molecule has 2 aromatic carbocycles. The number of hydrogen-bond acceptors (Lipinski definition) is 4. The van der Waals surface area contributed by atoms with Gasteiger partial charge < -0.3 is 25.4 Å². The van der Waals surface area contributed by atoms with Crippen molar-refractivity contribution in [3.63, 3.8) is 0 Å². The molecule has 160 valence electrons. The lowest BCUT2D eigenvalue weighted by molar-refractivity contribution is -0.118. The van der Waals surface area contributed by atoms with Crippen LogP contribution in [0.5, 0.6) is 11.5 Å². The Hall–Kier alpha value is -3.22. The van der Waals surface area contributed by atoms with E-state index >= 15 is 0 Å². The molecular formula is C23H30N4O3. The van der Waals surface area contributed by atoms with Crippen LogP contribution >= 0.6 is 0 Å². The lowest BCUT2D eigenvalue weighted by Crippen LogP contribution is -2.28. The number of nitrogens with two attached hydrogens (primary N) is 1. The lowest BCUT2D eigenvalue weighted by Gasteiger charge is -2.17. The number of guanidine groups is 1. The molecule has 7 heteroatoms. The third kappa shape index (κ3) is 5.43. The van der Waals surface area contributed by atoms with Gasteiger partial charge in [-0.1, -0.05) is 18.2 Å². The zero-order valence-corrected chi connectivity index (χ0v) is 17.7. The van der Waals surface area contributed by atoms with E-state index in [1.807, 2.05) is 55.1 Å². The van der Waals surface area contributed by atoms with Crippen molar-refractivity contribution in [1.82, 2.24) is 0 Å². The number of amides is 1. The normalized spacial score (nSPS) is 13.1. The maximum atomic E-state index is 12.6. The van der Waals surface area contributed by atoms with E-state index in [0.29, 0.717) is 44.0 Å². The van der Waals surface area contributed by atoms with E-state index in [1.165, 1.54) is 5.56 Å². The number of carbonyl (C=O) groups is 1. The Morgan fingerprint density at radius 2 is 1.97 bits per heavy atom. The first kappa shape index (κ1) is 21.5. The van der Waals surface area contributed by atoms with Gasteiger partial charge in [-0.3, -0.25) is 9.79 Å². The summed E-state index contributed by atoms with van der Waals surface area (Å²) in [5.74, 6) is 1.82. The Morgan fingerprint density at radius 3 is 2.77 bits per heavy atom. The number of ether oxygens (including phenoxy) is 2. The summed E-state index contributed by atoms with van der Waals surface area (Å²) in [7, 11) is 0. The van der Waals surface area contributed by atoms with E-state index in [0.717, 1.165) is 24.4 Å². The van der Waals surface area contributed by atoms with E-state index in [-0.39, 0.29) is 11.9 Å². The third-order valence-electron chi connectivity index (χ3n) is 4.84. The SMILES string of the molecule is CCOc1ccc(OCC)c(NC(N)=NCCCC(=O)N2CCc3ccccc32)c1. The van der Waals surface area contributed by atoms with Gasteiger partial charge >= 0.3 is 0 Å². The highest BCUT2D eigenvalue weighted by Gasteiger charge is 2.23. The van der Waals surface area contributed by atoms with E-state index in [1.54, 1.807) is 0 Å². The Kier molecular flexibility index (Phi) is 7.54. The van der Waals surface area contributed by atoms with Crippen molar-refractivity contribution in [2.24, 2.45) is 10.7 Å². The Bertz CT molecular complexity index is 898. The van der Waals surface area contributed by atoms with Crippen LogP contribution in [0.4, 0.5) is 11.4 Å². The first-order valence-corrected chi connectivity index (χ1v) is 10.5. The monoisotopic (exact) mass is 410 g/mol. The number of rotatable bonds is 9. The molecule has 30 heavy (non-hydrogen) atoms. The number of benzene rings is 2. The molecule has 0 atom stereocenters. The number of anilines is 2. The lowest BCUT2D eigenvalue weighted by atomic mass is 10.2. The second-order valence-corrected chi connectivity index (χ2v) is 6.94. The van der Waals surface area contributed by atoms with Crippen LogP contribution in [0.1, 0.15) is 32.3 Å². The molecule has 1 aliphatic rings. The van der Waals surface area contributed by atoms with Crippen molar-refractivity contribution in [2.75, 3.05) is 36.5 Å². The molecule has 0 fully saturated rings. The number of nitrogens with one attached hydrogen (secondary N) is 1. The van der Waals surface area contributed by atoms with Crippen molar-refractivity contribution < 1.29 is 14.3 Å². The summed E-state index contributed by atoms with van der Waals surface area (Å²) < 4.78 is 11.2. The molecule has 2 aromatic rings. The summed E-state index contributed by atoms with van der Waals surface area (Å²) in [4.78, 5) is 18.8. The molecule has 0 aromatic heterocycles. The van der Waals surface area contributed by atoms with E-state index < -0.39 is 0 Å². The molecule has 3 rings (SSSR count). The molecule has 0 saturated heterocycles.